The highest BCUT2D eigenvalue weighted by molar-refractivity contribution is 5.67. The minimum absolute atomic E-state index is 0.0552. The highest BCUT2D eigenvalue weighted by Crippen LogP contribution is 2.06. The molecule has 1 unspecified atom stereocenters. The van der Waals surface area contributed by atoms with Crippen LogP contribution in [0.15, 0.2) is 0 Å². The Morgan fingerprint density at radius 2 is 2.00 bits per heavy atom. The molecule has 0 radical (unpaired) electrons. The second-order valence-electron chi connectivity index (χ2n) is 6.50. The lowest BCUT2D eigenvalue weighted by Crippen LogP contribution is -2.41. The number of rotatable bonds is 11. The standard InChI is InChI=1S/C15H34N4O3/c1-15(2,3)22-14(21)18-8-5-4-6-13(17)12-19(9-7-16)10-11-20/h13,20H,4-12,16-17H2,1-3H3,(H,18,21). The molecule has 7 heteroatoms. The molecule has 132 valence electrons. The van der Waals surface area contributed by atoms with Crippen LogP contribution in [0, 0.1) is 0 Å². The molecule has 0 aromatic heterocycles. The quantitative estimate of drug-likeness (QED) is 0.406. The number of nitrogens with one attached hydrogen (secondary N) is 1. The van der Waals surface area contributed by atoms with Crippen LogP contribution in [0.2, 0.25) is 0 Å². The molecule has 1 amide bonds. The Labute approximate surface area is 134 Å². The second-order valence-corrected chi connectivity index (χ2v) is 6.50. The van der Waals surface area contributed by atoms with Gasteiger partial charge in [0, 0.05) is 38.8 Å². The summed E-state index contributed by atoms with van der Waals surface area (Å²) in [5.74, 6) is 0. The van der Waals surface area contributed by atoms with E-state index in [9.17, 15) is 4.79 Å². The van der Waals surface area contributed by atoms with Crippen molar-refractivity contribution in [1.29, 1.82) is 0 Å². The molecule has 0 spiro atoms. The summed E-state index contributed by atoms with van der Waals surface area (Å²) in [7, 11) is 0. The number of aliphatic hydroxyl groups excluding tert-OH is 1. The van der Waals surface area contributed by atoms with E-state index in [0.717, 1.165) is 32.4 Å². The van der Waals surface area contributed by atoms with Crippen molar-refractivity contribution < 1.29 is 14.6 Å². The van der Waals surface area contributed by atoms with E-state index in [1.54, 1.807) is 0 Å². The zero-order valence-corrected chi connectivity index (χ0v) is 14.3. The van der Waals surface area contributed by atoms with Crippen molar-refractivity contribution >= 4 is 6.09 Å². The number of hydrogen-bond acceptors (Lipinski definition) is 6. The molecule has 0 aliphatic heterocycles. The molecule has 22 heavy (non-hydrogen) atoms. The zero-order valence-electron chi connectivity index (χ0n) is 14.3. The van der Waals surface area contributed by atoms with Crippen LogP contribution in [-0.4, -0.2) is 67.1 Å². The zero-order chi connectivity index (χ0) is 17.0. The minimum Gasteiger partial charge on any atom is -0.444 e. The van der Waals surface area contributed by atoms with Crippen LogP contribution in [0.25, 0.3) is 0 Å². The molecule has 0 aliphatic carbocycles. The lowest BCUT2D eigenvalue weighted by Gasteiger charge is -2.24. The average molecular weight is 318 g/mol. The second kappa shape index (κ2) is 11.6. The first-order valence-electron chi connectivity index (χ1n) is 8.04. The summed E-state index contributed by atoms with van der Waals surface area (Å²) < 4.78 is 5.15. The average Bonchev–Trinajstić information content (AvgIpc) is 2.36. The number of nitrogens with two attached hydrogens (primary N) is 2. The van der Waals surface area contributed by atoms with Gasteiger partial charge in [-0.2, -0.15) is 0 Å². The number of unbranched alkanes of at least 4 members (excludes halogenated alkanes) is 1. The molecule has 1 atom stereocenters. The molecule has 0 aromatic rings. The Hall–Kier alpha value is -0.890. The fraction of sp³-hybridized carbons (Fsp3) is 0.933. The van der Waals surface area contributed by atoms with Gasteiger partial charge in [0.2, 0.25) is 0 Å². The Balaban J connectivity index is 3.71. The minimum atomic E-state index is -0.467. The van der Waals surface area contributed by atoms with Gasteiger partial charge in [0.25, 0.3) is 0 Å². The number of hydrogen-bond donors (Lipinski definition) is 4. The van der Waals surface area contributed by atoms with Gasteiger partial charge in [0.15, 0.2) is 0 Å². The van der Waals surface area contributed by atoms with Gasteiger partial charge in [0.05, 0.1) is 6.61 Å². The molecule has 0 saturated heterocycles. The van der Waals surface area contributed by atoms with E-state index in [1.807, 2.05) is 20.8 Å². The normalized spacial score (nSPS) is 13.2. The Morgan fingerprint density at radius 3 is 2.55 bits per heavy atom. The van der Waals surface area contributed by atoms with Crippen molar-refractivity contribution in [3.8, 4) is 0 Å². The highest BCUT2D eigenvalue weighted by Gasteiger charge is 2.15. The van der Waals surface area contributed by atoms with Crippen LogP contribution in [0.4, 0.5) is 4.79 Å². The van der Waals surface area contributed by atoms with E-state index >= 15 is 0 Å². The van der Waals surface area contributed by atoms with E-state index in [2.05, 4.69) is 10.2 Å². The Morgan fingerprint density at radius 1 is 1.32 bits per heavy atom. The third-order valence-corrected chi connectivity index (χ3v) is 3.02. The van der Waals surface area contributed by atoms with E-state index in [1.165, 1.54) is 0 Å². The van der Waals surface area contributed by atoms with Crippen LogP contribution in [0.3, 0.4) is 0 Å². The Kier molecular flexibility index (Phi) is 11.2. The molecular formula is C15H34N4O3. The third kappa shape index (κ3) is 12.8. The summed E-state index contributed by atoms with van der Waals surface area (Å²) in [6.07, 6.45) is 2.30. The Bertz CT molecular complexity index is 289. The molecule has 0 aromatic carbocycles. The molecule has 0 bridgehead atoms. The fourth-order valence-corrected chi connectivity index (χ4v) is 2.08. The number of ether oxygens (including phenoxy) is 1. The monoisotopic (exact) mass is 318 g/mol. The summed E-state index contributed by atoms with van der Waals surface area (Å²) in [6.45, 7) is 8.86. The van der Waals surface area contributed by atoms with Gasteiger partial charge in [-0.25, -0.2) is 4.79 Å². The maximum atomic E-state index is 11.4. The molecule has 0 heterocycles. The maximum absolute atomic E-state index is 11.4. The van der Waals surface area contributed by atoms with E-state index in [-0.39, 0.29) is 18.7 Å². The SMILES string of the molecule is CC(C)(C)OC(=O)NCCCCC(N)CN(CCN)CCO. The number of amides is 1. The van der Waals surface area contributed by atoms with Crippen LogP contribution >= 0.6 is 0 Å². The number of nitrogens with zero attached hydrogens (tertiary/aromatic N) is 1. The third-order valence-electron chi connectivity index (χ3n) is 3.02. The summed E-state index contributed by atoms with van der Waals surface area (Å²) >= 11 is 0. The first kappa shape index (κ1) is 21.1. The van der Waals surface area contributed by atoms with Crippen LogP contribution in [0.5, 0.6) is 0 Å². The number of carbonyl (C=O) groups is 1. The molecular weight excluding hydrogens is 284 g/mol. The van der Waals surface area contributed by atoms with Gasteiger partial charge in [0.1, 0.15) is 5.60 Å². The summed E-state index contributed by atoms with van der Waals surface area (Å²) in [5, 5.41) is 11.7. The van der Waals surface area contributed by atoms with Gasteiger partial charge < -0.3 is 26.6 Å². The van der Waals surface area contributed by atoms with E-state index in [4.69, 9.17) is 21.3 Å². The van der Waals surface area contributed by atoms with Gasteiger partial charge in [-0.15, -0.1) is 0 Å². The van der Waals surface area contributed by atoms with Crippen molar-refractivity contribution in [3.63, 3.8) is 0 Å². The summed E-state index contributed by atoms with van der Waals surface area (Å²) in [5.41, 5.74) is 11.1. The number of aliphatic hydroxyl groups is 1. The van der Waals surface area contributed by atoms with Crippen molar-refractivity contribution in [3.05, 3.63) is 0 Å². The van der Waals surface area contributed by atoms with Gasteiger partial charge >= 0.3 is 6.09 Å². The highest BCUT2D eigenvalue weighted by atomic mass is 16.6. The molecule has 0 saturated carbocycles. The van der Waals surface area contributed by atoms with Crippen LogP contribution in [-0.2, 0) is 4.74 Å². The first-order valence-corrected chi connectivity index (χ1v) is 8.04. The smallest absolute Gasteiger partial charge is 0.407 e. The summed E-state index contributed by atoms with van der Waals surface area (Å²) in [6, 6.07) is 0.0552. The van der Waals surface area contributed by atoms with Crippen LogP contribution < -0.4 is 16.8 Å². The maximum Gasteiger partial charge on any atom is 0.407 e. The van der Waals surface area contributed by atoms with Crippen molar-refractivity contribution in [2.24, 2.45) is 11.5 Å². The topological polar surface area (TPSA) is 114 Å². The van der Waals surface area contributed by atoms with Gasteiger partial charge in [-0.1, -0.05) is 6.42 Å². The predicted molar refractivity (Wildman–Crippen MR) is 88.6 cm³/mol. The molecule has 0 rings (SSSR count). The first-order chi connectivity index (χ1) is 10.3. The van der Waals surface area contributed by atoms with Gasteiger partial charge in [-0.3, -0.25) is 4.90 Å². The lowest BCUT2D eigenvalue weighted by atomic mass is 10.1. The fourth-order valence-electron chi connectivity index (χ4n) is 2.08. The number of alkyl carbamates (subject to hydrolysis) is 1. The molecule has 0 fully saturated rings. The van der Waals surface area contributed by atoms with Gasteiger partial charge in [-0.05, 0) is 33.6 Å². The van der Waals surface area contributed by atoms with Crippen molar-refractivity contribution in [1.82, 2.24) is 10.2 Å². The predicted octanol–water partition coefficient (Wildman–Crippen LogP) is 0.262. The molecule has 7 nitrogen and oxygen atoms in total. The molecule has 6 N–H and O–H groups in total. The largest absolute Gasteiger partial charge is 0.444 e. The lowest BCUT2D eigenvalue weighted by molar-refractivity contribution is 0.0527. The summed E-state index contributed by atoms with van der Waals surface area (Å²) in [4.78, 5) is 13.5. The molecule has 0 aliphatic rings. The van der Waals surface area contributed by atoms with Crippen LogP contribution in [0.1, 0.15) is 40.0 Å². The van der Waals surface area contributed by atoms with Crippen molar-refractivity contribution in [2.45, 2.75) is 51.7 Å². The van der Waals surface area contributed by atoms with Crippen molar-refractivity contribution in [2.75, 3.05) is 39.3 Å². The van der Waals surface area contributed by atoms with E-state index < -0.39 is 5.60 Å². The number of carbonyl (C=O) groups excluding carboxylic acids is 1. The van der Waals surface area contributed by atoms with E-state index in [0.29, 0.717) is 19.6 Å².